The summed E-state index contributed by atoms with van der Waals surface area (Å²) in [5.41, 5.74) is 1.23. The second-order valence-corrected chi connectivity index (χ2v) is 6.39. The van der Waals surface area contributed by atoms with Gasteiger partial charge in [0.2, 0.25) is 0 Å². The molecule has 0 radical (unpaired) electrons. The lowest BCUT2D eigenvalue weighted by atomic mass is 10.2. The topological polar surface area (TPSA) is 42.7 Å². The molecule has 1 rings (SSSR count). The van der Waals surface area contributed by atoms with E-state index in [1.165, 1.54) is 11.4 Å². The van der Waals surface area contributed by atoms with Crippen molar-refractivity contribution in [2.24, 2.45) is 5.92 Å². The van der Waals surface area contributed by atoms with Crippen LogP contribution < -0.4 is 5.32 Å². The van der Waals surface area contributed by atoms with Crippen LogP contribution in [0.5, 0.6) is 0 Å². The van der Waals surface area contributed by atoms with E-state index < -0.39 is 0 Å². The number of nitrogens with zero attached hydrogens (tertiary/aromatic N) is 3. The average Bonchev–Trinajstić information content (AvgIpc) is 2.82. The summed E-state index contributed by atoms with van der Waals surface area (Å²) in [5, 5.41) is 11.9. The zero-order valence-corrected chi connectivity index (χ0v) is 13.5. The van der Waals surface area contributed by atoms with E-state index in [1.54, 1.807) is 0 Å². The first-order chi connectivity index (χ1) is 9.19. The lowest BCUT2D eigenvalue weighted by Crippen LogP contribution is -2.27. The summed E-state index contributed by atoms with van der Waals surface area (Å²) in [6, 6.07) is 0.366. The molecule has 110 valence electrons. The van der Waals surface area contributed by atoms with Crippen molar-refractivity contribution in [1.82, 2.24) is 20.3 Å². The highest BCUT2D eigenvalue weighted by molar-refractivity contribution is 7.99. The number of aromatic nitrogens is 3. The molecule has 1 N–H and O–H groups in total. The van der Waals surface area contributed by atoms with Crippen LogP contribution in [0.1, 0.15) is 52.3 Å². The summed E-state index contributed by atoms with van der Waals surface area (Å²) >= 11 is 2.01. The molecule has 0 aliphatic carbocycles. The lowest BCUT2D eigenvalue weighted by molar-refractivity contribution is 0.492. The van der Waals surface area contributed by atoms with Gasteiger partial charge in [0, 0.05) is 12.3 Å². The van der Waals surface area contributed by atoms with Crippen LogP contribution in [-0.4, -0.2) is 33.0 Å². The van der Waals surface area contributed by atoms with Gasteiger partial charge in [-0.1, -0.05) is 32.9 Å². The molecular formula is C14H28N4S. The predicted molar refractivity (Wildman–Crippen MR) is 83.5 cm³/mol. The Morgan fingerprint density at radius 3 is 2.68 bits per heavy atom. The van der Waals surface area contributed by atoms with Crippen molar-refractivity contribution in [1.29, 1.82) is 0 Å². The van der Waals surface area contributed by atoms with E-state index in [4.69, 9.17) is 0 Å². The Bertz CT molecular complexity index is 338. The van der Waals surface area contributed by atoms with Gasteiger partial charge in [-0.05, 0) is 31.1 Å². The van der Waals surface area contributed by atoms with E-state index in [9.17, 15) is 0 Å². The van der Waals surface area contributed by atoms with Gasteiger partial charge in [-0.25, -0.2) is 4.68 Å². The summed E-state index contributed by atoms with van der Waals surface area (Å²) in [6.07, 6.45) is 4.16. The van der Waals surface area contributed by atoms with E-state index in [1.807, 2.05) is 22.6 Å². The van der Waals surface area contributed by atoms with Crippen molar-refractivity contribution in [3.63, 3.8) is 0 Å². The van der Waals surface area contributed by atoms with E-state index in [2.05, 4.69) is 43.3 Å². The monoisotopic (exact) mass is 284 g/mol. The molecule has 0 aromatic carbocycles. The van der Waals surface area contributed by atoms with E-state index in [0.29, 0.717) is 6.04 Å². The zero-order chi connectivity index (χ0) is 14.1. The SMILES string of the molecule is CCCNC(CSCC(C)C)c1cnnn1CCC. The minimum atomic E-state index is 0.366. The summed E-state index contributed by atoms with van der Waals surface area (Å²) in [5.74, 6) is 3.05. The van der Waals surface area contributed by atoms with Gasteiger partial charge in [0.25, 0.3) is 0 Å². The first kappa shape index (κ1) is 16.5. The number of aryl methyl sites for hydroxylation is 1. The molecule has 0 saturated heterocycles. The quantitative estimate of drug-likeness (QED) is 0.717. The number of rotatable bonds is 10. The van der Waals surface area contributed by atoms with E-state index >= 15 is 0 Å². The van der Waals surface area contributed by atoms with Crippen LogP contribution in [0, 0.1) is 5.92 Å². The summed E-state index contributed by atoms with van der Waals surface area (Å²) in [6.45, 7) is 10.9. The van der Waals surface area contributed by atoms with Crippen molar-refractivity contribution in [3.05, 3.63) is 11.9 Å². The van der Waals surface area contributed by atoms with Crippen LogP contribution in [0.4, 0.5) is 0 Å². The second kappa shape index (κ2) is 9.37. The molecule has 0 aliphatic heterocycles. The standard InChI is InChI=1S/C14H28N4S/c1-5-7-15-13(11-19-10-12(3)4)14-9-16-17-18(14)8-6-2/h9,12-13,15H,5-8,10-11H2,1-4H3. The maximum Gasteiger partial charge on any atom is 0.0764 e. The van der Waals surface area contributed by atoms with Gasteiger partial charge in [-0.2, -0.15) is 11.8 Å². The Kier molecular flexibility index (Phi) is 8.14. The Morgan fingerprint density at radius 2 is 2.05 bits per heavy atom. The largest absolute Gasteiger partial charge is 0.308 e. The van der Waals surface area contributed by atoms with Crippen molar-refractivity contribution >= 4 is 11.8 Å². The van der Waals surface area contributed by atoms with Crippen LogP contribution in [0.3, 0.4) is 0 Å². The molecule has 0 aliphatic rings. The molecule has 1 atom stereocenters. The molecular weight excluding hydrogens is 256 g/mol. The zero-order valence-electron chi connectivity index (χ0n) is 12.7. The molecule has 1 aromatic heterocycles. The smallest absolute Gasteiger partial charge is 0.0764 e. The molecule has 0 amide bonds. The molecule has 4 nitrogen and oxygen atoms in total. The van der Waals surface area contributed by atoms with Gasteiger partial charge in [0.1, 0.15) is 0 Å². The Balaban J connectivity index is 2.63. The fraction of sp³-hybridized carbons (Fsp3) is 0.857. The number of nitrogens with one attached hydrogen (secondary N) is 1. The first-order valence-corrected chi connectivity index (χ1v) is 8.54. The fourth-order valence-corrected chi connectivity index (χ4v) is 3.04. The normalized spacial score (nSPS) is 13.1. The predicted octanol–water partition coefficient (Wildman–Crippen LogP) is 3.12. The average molecular weight is 284 g/mol. The lowest BCUT2D eigenvalue weighted by Gasteiger charge is -2.19. The van der Waals surface area contributed by atoms with Crippen LogP contribution in [0.15, 0.2) is 6.20 Å². The van der Waals surface area contributed by atoms with Crippen LogP contribution >= 0.6 is 11.8 Å². The molecule has 5 heteroatoms. The highest BCUT2D eigenvalue weighted by atomic mass is 32.2. The van der Waals surface area contributed by atoms with Crippen LogP contribution in [0.2, 0.25) is 0 Å². The van der Waals surface area contributed by atoms with Crippen molar-refractivity contribution in [3.8, 4) is 0 Å². The Labute approximate surface area is 121 Å². The Morgan fingerprint density at radius 1 is 1.26 bits per heavy atom. The summed E-state index contributed by atoms with van der Waals surface area (Å²) < 4.78 is 2.04. The van der Waals surface area contributed by atoms with E-state index in [-0.39, 0.29) is 0 Å². The molecule has 0 saturated carbocycles. The minimum absolute atomic E-state index is 0.366. The molecule has 1 aromatic rings. The third-order valence-corrected chi connectivity index (χ3v) is 4.29. The van der Waals surface area contributed by atoms with Gasteiger partial charge < -0.3 is 5.32 Å². The van der Waals surface area contributed by atoms with Gasteiger partial charge in [-0.15, -0.1) is 5.10 Å². The van der Waals surface area contributed by atoms with Crippen molar-refractivity contribution in [2.75, 3.05) is 18.1 Å². The van der Waals surface area contributed by atoms with Gasteiger partial charge >= 0.3 is 0 Å². The van der Waals surface area contributed by atoms with Gasteiger partial charge in [-0.3, -0.25) is 0 Å². The van der Waals surface area contributed by atoms with Crippen LogP contribution in [-0.2, 0) is 6.54 Å². The van der Waals surface area contributed by atoms with Crippen molar-refractivity contribution < 1.29 is 0 Å². The highest BCUT2D eigenvalue weighted by Gasteiger charge is 2.16. The van der Waals surface area contributed by atoms with Gasteiger partial charge in [0.05, 0.1) is 17.9 Å². The molecule has 0 fully saturated rings. The molecule has 0 bridgehead atoms. The van der Waals surface area contributed by atoms with Crippen molar-refractivity contribution in [2.45, 2.75) is 53.1 Å². The molecule has 19 heavy (non-hydrogen) atoms. The highest BCUT2D eigenvalue weighted by Crippen LogP contribution is 2.19. The number of thioether (sulfide) groups is 1. The third kappa shape index (κ3) is 5.95. The van der Waals surface area contributed by atoms with E-state index in [0.717, 1.165) is 37.6 Å². The maximum atomic E-state index is 4.20. The minimum Gasteiger partial charge on any atom is -0.308 e. The molecule has 1 unspecified atom stereocenters. The third-order valence-electron chi connectivity index (χ3n) is 2.82. The fourth-order valence-electron chi connectivity index (χ4n) is 1.91. The van der Waals surface area contributed by atoms with Gasteiger partial charge in [0.15, 0.2) is 0 Å². The second-order valence-electron chi connectivity index (χ2n) is 5.32. The number of hydrogen-bond donors (Lipinski definition) is 1. The summed E-state index contributed by atoms with van der Waals surface area (Å²) in [7, 11) is 0. The van der Waals surface area contributed by atoms with Crippen LogP contribution in [0.25, 0.3) is 0 Å². The summed E-state index contributed by atoms with van der Waals surface area (Å²) in [4.78, 5) is 0. The molecule has 0 spiro atoms. The molecule has 1 heterocycles. The maximum absolute atomic E-state index is 4.20. The first-order valence-electron chi connectivity index (χ1n) is 7.38. The number of hydrogen-bond acceptors (Lipinski definition) is 4. The Hall–Kier alpha value is -0.550.